The molecule has 0 bridgehead atoms. The van der Waals surface area contributed by atoms with Gasteiger partial charge in [0, 0.05) is 12.6 Å². The molecule has 0 unspecified atom stereocenters. The zero-order chi connectivity index (χ0) is 16.2. The van der Waals surface area contributed by atoms with Crippen molar-refractivity contribution in [3.8, 4) is 0 Å². The summed E-state index contributed by atoms with van der Waals surface area (Å²) in [4.78, 5) is 12.0. The standard InChI is InChI=1S/C15H18N2O4S/c1-11-8-14(17-21-11)10-22(19,20)12(2)15(18)16-9-13-6-4-3-5-7-13/h3-8,12H,9-10H2,1-2H3,(H,16,18)/t12-/m0/s1. The van der Waals surface area contributed by atoms with Gasteiger partial charge in [-0.25, -0.2) is 8.42 Å². The Bertz CT molecular complexity index is 738. The third-order valence-corrected chi connectivity index (χ3v) is 5.23. The van der Waals surface area contributed by atoms with Crippen LogP contribution in [0.1, 0.15) is 23.9 Å². The molecule has 1 aromatic carbocycles. The molecule has 1 atom stereocenters. The third-order valence-electron chi connectivity index (χ3n) is 3.24. The Morgan fingerprint density at radius 2 is 2.00 bits per heavy atom. The fraction of sp³-hybridized carbons (Fsp3) is 0.333. The maximum absolute atomic E-state index is 12.2. The number of carbonyl (C=O) groups is 1. The zero-order valence-corrected chi connectivity index (χ0v) is 13.3. The molecule has 2 aromatic rings. The topological polar surface area (TPSA) is 89.3 Å². The molecule has 0 aliphatic carbocycles. The van der Waals surface area contributed by atoms with Crippen LogP contribution >= 0.6 is 0 Å². The van der Waals surface area contributed by atoms with Gasteiger partial charge in [0.25, 0.3) is 0 Å². The van der Waals surface area contributed by atoms with Gasteiger partial charge in [0.15, 0.2) is 9.84 Å². The van der Waals surface area contributed by atoms with E-state index >= 15 is 0 Å². The Balaban J connectivity index is 1.96. The first-order valence-electron chi connectivity index (χ1n) is 6.84. The molecule has 1 N–H and O–H groups in total. The molecular weight excluding hydrogens is 304 g/mol. The second-order valence-corrected chi connectivity index (χ2v) is 7.40. The van der Waals surface area contributed by atoms with Gasteiger partial charge in [-0.05, 0) is 19.4 Å². The Labute approximate surface area is 129 Å². The first kappa shape index (κ1) is 16.2. The summed E-state index contributed by atoms with van der Waals surface area (Å²) in [5.74, 6) is -0.306. The smallest absolute Gasteiger partial charge is 0.238 e. The fourth-order valence-electron chi connectivity index (χ4n) is 1.91. The van der Waals surface area contributed by atoms with E-state index in [1.807, 2.05) is 30.3 Å². The average molecular weight is 322 g/mol. The molecule has 0 saturated carbocycles. The first-order valence-corrected chi connectivity index (χ1v) is 8.55. The summed E-state index contributed by atoms with van der Waals surface area (Å²) in [5.41, 5.74) is 1.22. The second kappa shape index (κ2) is 6.74. The summed E-state index contributed by atoms with van der Waals surface area (Å²) in [6, 6.07) is 10.9. The summed E-state index contributed by atoms with van der Waals surface area (Å²) in [7, 11) is -3.64. The molecule has 0 spiro atoms. The molecule has 22 heavy (non-hydrogen) atoms. The molecular formula is C15H18N2O4S. The fourth-order valence-corrected chi connectivity index (χ4v) is 3.12. The normalized spacial score (nSPS) is 12.8. The Kier molecular flexibility index (Phi) is 4.97. The van der Waals surface area contributed by atoms with Crippen molar-refractivity contribution in [2.24, 2.45) is 0 Å². The van der Waals surface area contributed by atoms with E-state index in [0.29, 0.717) is 18.0 Å². The molecule has 1 heterocycles. The lowest BCUT2D eigenvalue weighted by atomic mass is 10.2. The number of carbonyl (C=O) groups excluding carboxylic acids is 1. The number of rotatable bonds is 6. The summed E-state index contributed by atoms with van der Waals surface area (Å²) in [5, 5.41) is 5.14. The number of sulfone groups is 1. The number of nitrogens with one attached hydrogen (secondary N) is 1. The molecule has 118 valence electrons. The van der Waals surface area contributed by atoms with Gasteiger partial charge >= 0.3 is 0 Å². The van der Waals surface area contributed by atoms with Crippen LogP contribution < -0.4 is 5.32 Å². The van der Waals surface area contributed by atoms with E-state index in [2.05, 4.69) is 10.5 Å². The number of hydrogen-bond donors (Lipinski definition) is 1. The number of nitrogens with zero attached hydrogens (tertiary/aromatic N) is 1. The molecule has 7 heteroatoms. The predicted molar refractivity (Wildman–Crippen MR) is 81.6 cm³/mol. The lowest BCUT2D eigenvalue weighted by Gasteiger charge is -2.12. The summed E-state index contributed by atoms with van der Waals surface area (Å²) >= 11 is 0. The van der Waals surface area contributed by atoms with Crippen molar-refractivity contribution in [2.75, 3.05) is 0 Å². The molecule has 0 fully saturated rings. The molecule has 0 saturated heterocycles. The minimum atomic E-state index is -3.64. The Morgan fingerprint density at radius 1 is 1.32 bits per heavy atom. The molecule has 0 aliphatic rings. The third kappa shape index (κ3) is 4.17. The van der Waals surface area contributed by atoms with E-state index in [9.17, 15) is 13.2 Å². The van der Waals surface area contributed by atoms with Crippen LogP contribution in [0.5, 0.6) is 0 Å². The van der Waals surface area contributed by atoms with Crippen LogP contribution in [0.3, 0.4) is 0 Å². The van der Waals surface area contributed by atoms with Gasteiger partial charge in [-0.3, -0.25) is 4.79 Å². The van der Waals surface area contributed by atoms with Crippen LogP contribution in [0.25, 0.3) is 0 Å². The highest BCUT2D eigenvalue weighted by Gasteiger charge is 2.29. The van der Waals surface area contributed by atoms with Crippen molar-refractivity contribution in [3.63, 3.8) is 0 Å². The summed E-state index contributed by atoms with van der Waals surface area (Å²) in [6.45, 7) is 3.35. The van der Waals surface area contributed by atoms with E-state index in [-0.39, 0.29) is 5.75 Å². The van der Waals surface area contributed by atoms with Crippen LogP contribution in [0.2, 0.25) is 0 Å². The maximum atomic E-state index is 12.2. The van der Waals surface area contributed by atoms with Crippen molar-refractivity contribution < 1.29 is 17.7 Å². The van der Waals surface area contributed by atoms with Gasteiger partial charge in [0.1, 0.15) is 11.0 Å². The molecule has 0 aliphatic heterocycles. The minimum Gasteiger partial charge on any atom is -0.361 e. The highest BCUT2D eigenvalue weighted by Crippen LogP contribution is 2.12. The summed E-state index contributed by atoms with van der Waals surface area (Å²) < 4.78 is 29.3. The van der Waals surface area contributed by atoms with Crippen molar-refractivity contribution in [1.29, 1.82) is 0 Å². The van der Waals surface area contributed by atoms with Gasteiger partial charge in [0.05, 0.1) is 11.4 Å². The zero-order valence-electron chi connectivity index (χ0n) is 12.4. The average Bonchev–Trinajstić information content (AvgIpc) is 2.89. The SMILES string of the molecule is Cc1cc(CS(=O)(=O)[C@@H](C)C(=O)NCc2ccccc2)no1. The van der Waals surface area contributed by atoms with Crippen molar-refractivity contribution in [3.05, 3.63) is 53.4 Å². The lowest BCUT2D eigenvalue weighted by Crippen LogP contribution is -2.38. The van der Waals surface area contributed by atoms with Crippen LogP contribution in [0.4, 0.5) is 0 Å². The van der Waals surface area contributed by atoms with Gasteiger partial charge in [-0.15, -0.1) is 0 Å². The van der Waals surface area contributed by atoms with Crippen LogP contribution in [-0.4, -0.2) is 24.7 Å². The minimum absolute atomic E-state index is 0.294. The monoisotopic (exact) mass is 322 g/mol. The van der Waals surface area contributed by atoms with Crippen molar-refractivity contribution in [1.82, 2.24) is 10.5 Å². The first-order chi connectivity index (χ1) is 10.4. The summed E-state index contributed by atoms with van der Waals surface area (Å²) in [6.07, 6.45) is 0. The largest absolute Gasteiger partial charge is 0.361 e. The number of benzene rings is 1. The predicted octanol–water partition coefficient (Wildman–Crippen LogP) is 1.60. The Hall–Kier alpha value is -2.15. The van der Waals surface area contributed by atoms with Gasteiger partial charge < -0.3 is 9.84 Å². The number of hydrogen-bond acceptors (Lipinski definition) is 5. The highest BCUT2D eigenvalue weighted by atomic mass is 32.2. The van der Waals surface area contributed by atoms with E-state index in [1.165, 1.54) is 6.92 Å². The number of aromatic nitrogens is 1. The molecule has 6 nitrogen and oxygen atoms in total. The van der Waals surface area contributed by atoms with E-state index in [4.69, 9.17) is 4.52 Å². The molecule has 1 aromatic heterocycles. The maximum Gasteiger partial charge on any atom is 0.238 e. The Morgan fingerprint density at radius 3 is 2.59 bits per heavy atom. The molecule has 1 amide bonds. The van der Waals surface area contributed by atoms with E-state index in [1.54, 1.807) is 13.0 Å². The quantitative estimate of drug-likeness (QED) is 0.872. The van der Waals surface area contributed by atoms with E-state index < -0.39 is 21.0 Å². The van der Waals surface area contributed by atoms with Crippen LogP contribution in [0, 0.1) is 6.92 Å². The van der Waals surface area contributed by atoms with Crippen molar-refractivity contribution >= 4 is 15.7 Å². The van der Waals surface area contributed by atoms with E-state index in [0.717, 1.165) is 5.56 Å². The van der Waals surface area contributed by atoms with Crippen molar-refractivity contribution in [2.45, 2.75) is 31.4 Å². The van der Waals surface area contributed by atoms with Gasteiger partial charge in [-0.2, -0.15) is 0 Å². The number of aryl methyl sites for hydroxylation is 1. The number of amides is 1. The van der Waals surface area contributed by atoms with Crippen LogP contribution in [0.15, 0.2) is 40.9 Å². The molecule has 0 radical (unpaired) electrons. The lowest BCUT2D eigenvalue weighted by molar-refractivity contribution is -0.120. The van der Waals surface area contributed by atoms with Crippen LogP contribution in [-0.2, 0) is 26.9 Å². The van der Waals surface area contributed by atoms with Gasteiger partial charge in [-0.1, -0.05) is 35.5 Å². The second-order valence-electron chi connectivity index (χ2n) is 5.08. The highest BCUT2D eigenvalue weighted by molar-refractivity contribution is 7.92. The van der Waals surface area contributed by atoms with Gasteiger partial charge in [0.2, 0.25) is 5.91 Å². The molecule has 2 rings (SSSR count).